The van der Waals surface area contributed by atoms with Crippen molar-refractivity contribution in [3.63, 3.8) is 0 Å². The molecule has 21 heavy (non-hydrogen) atoms. The standard InChI is InChI=1S/C14H14FN3O2S/c15-11-6-13(9-16-8-11)21(19,20)18-12-4-3-10-2-1-5-17-14(10)7-12/h3-4,6-9,17-18H,1-2,5H2. The Morgan fingerprint density at radius 3 is 2.90 bits per heavy atom. The molecule has 5 nitrogen and oxygen atoms in total. The van der Waals surface area contributed by atoms with Crippen molar-refractivity contribution in [2.24, 2.45) is 0 Å². The second kappa shape index (κ2) is 5.33. The molecule has 0 spiro atoms. The first-order valence-corrected chi connectivity index (χ1v) is 8.03. The van der Waals surface area contributed by atoms with Gasteiger partial charge in [-0.1, -0.05) is 6.07 Å². The van der Waals surface area contributed by atoms with Crippen LogP contribution in [0.15, 0.2) is 41.6 Å². The molecule has 0 bridgehead atoms. The summed E-state index contributed by atoms with van der Waals surface area (Å²) < 4.78 is 39.9. The molecule has 0 amide bonds. The minimum atomic E-state index is -3.84. The molecule has 0 radical (unpaired) electrons. The number of sulfonamides is 1. The molecule has 2 heterocycles. The van der Waals surface area contributed by atoms with Crippen molar-refractivity contribution in [1.29, 1.82) is 0 Å². The number of hydrogen-bond donors (Lipinski definition) is 2. The van der Waals surface area contributed by atoms with Crippen molar-refractivity contribution in [1.82, 2.24) is 4.98 Å². The maximum absolute atomic E-state index is 13.1. The van der Waals surface area contributed by atoms with Crippen molar-refractivity contribution >= 4 is 21.4 Å². The Morgan fingerprint density at radius 1 is 1.24 bits per heavy atom. The van der Waals surface area contributed by atoms with E-state index in [4.69, 9.17) is 0 Å². The second-order valence-electron chi connectivity index (χ2n) is 4.85. The summed E-state index contributed by atoms with van der Waals surface area (Å²) in [5.41, 5.74) is 2.53. The van der Waals surface area contributed by atoms with Crippen LogP contribution in [-0.2, 0) is 16.4 Å². The van der Waals surface area contributed by atoms with Crippen molar-refractivity contribution in [3.05, 3.63) is 48.0 Å². The van der Waals surface area contributed by atoms with E-state index >= 15 is 0 Å². The highest BCUT2D eigenvalue weighted by Crippen LogP contribution is 2.26. The number of nitrogens with one attached hydrogen (secondary N) is 2. The summed E-state index contributed by atoms with van der Waals surface area (Å²) in [7, 11) is -3.84. The number of nitrogens with zero attached hydrogens (tertiary/aromatic N) is 1. The van der Waals surface area contributed by atoms with Gasteiger partial charge in [0.2, 0.25) is 0 Å². The Bertz CT molecular complexity index is 778. The van der Waals surface area contributed by atoms with Crippen LogP contribution in [0.4, 0.5) is 15.8 Å². The molecule has 1 aromatic carbocycles. The molecular weight excluding hydrogens is 293 g/mol. The fourth-order valence-corrected chi connectivity index (χ4v) is 3.30. The van der Waals surface area contributed by atoms with Crippen LogP contribution in [0.5, 0.6) is 0 Å². The van der Waals surface area contributed by atoms with E-state index in [2.05, 4.69) is 15.0 Å². The van der Waals surface area contributed by atoms with E-state index in [-0.39, 0.29) is 4.90 Å². The summed E-state index contributed by atoms with van der Waals surface area (Å²) >= 11 is 0. The molecule has 2 aromatic rings. The van der Waals surface area contributed by atoms with Crippen LogP contribution in [-0.4, -0.2) is 19.9 Å². The molecule has 110 valence electrons. The fourth-order valence-electron chi connectivity index (χ4n) is 2.28. The minimum absolute atomic E-state index is 0.201. The zero-order valence-electron chi connectivity index (χ0n) is 11.1. The highest BCUT2D eigenvalue weighted by molar-refractivity contribution is 7.92. The number of rotatable bonds is 3. The summed E-state index contributed by atoms with van der Waals surface area (Å²) in [6.07, 6.45) is 4.11. The Kier molecular flexibility index (Phi) is 3.50. The van der Waals surface area contributed by atoms with E-state index in [0.717, 1.165) is 49.1 Å². The lowest BCUT2D eigenvalue weighted by Gasteiger charge is -2.19. The lowest BCUT2D eigenvalue weighted by molar-refractivity contribution is 0.592. The summed E-state index contributed by atoms with van der Waals surface area (Å²) in [5.74, 6) is -0.690. The Balaban J connectivity index is 1.89. The Labute approximate surface area is 122 Å². The summed E-state index contributed by atoms with van der Waals surface area (Å²) in [4.78, 5) is 3.36. The first-order valence-electron chi connectivity index (χ1n) is 6.55. The normalized spacial score (nSPS) is 14.1. The van der Waals surface area contributed by atoms with E-state index in [1.165, 1.54) is 0 Å². The highest BCUT2D eigenvalue weighted by atomic mass is 32.2. The van der Waals surface area contributed by atoms with Gasteiger partial charge in [0.15, 0.2) is 0 Å². The quantitative estimate of drug-likeness (QED) is 0.913. The number of pyridine rings is 1. The summed E-state index contributed by atoms with van der Waals surface area (Å²) in [6, 6.07) is 6.28. The number of benzene rings is 1. The Morgan fingerprint density at radius 2 is 2.10 bits per heavy atom. The maximum atomic E-state index is 13.1. The highest BCUT2D eigenvalue weighted by Gasteiger charge is 2.17. The van der Waals surface area contributed by atoms with Gasteiger partial charge in [0.25, 0.3) is 10.0 Å². The van der Waals surface area contributed by atoms with E-state index in [1.807, 2.05) is 6.07 Å². The van der Waals surface area contributed by atoms with Crippen molar-refractivity contribution in [2.75, 3.05) is 16.6 Å². The van der Waals surface area contributed by atoms with E-state index in [0.29, 0.717) is 5.69 Å². The first kappa shape index (κ1) is 13.8. The van der Waals surface area contributed by atoms with Gasteiger partial charge < -0.3 is 5.32 Å². The van der Waals surface area contributed by atoms with Crippen LogP contribution in [0.2, 0.25) is 0 Å². The minimum Gasteiger partial charge on any atom is -0.385 e. The average Bonchev–Trinajstić information content (AvgIpc) is 2.47. The summed E-state index contributed by atoms with van der Waals surface area (Å²) in [6.45, 7) is 0.872. The maximum Gasteiger partial charge on any atom is 0.263 e. The number of aromatic nitrogens is 1. The zero-order valence-corrected chi connectivity index (χ0v) is 12.0. The van der Waals surface area contributed by atoms with Gasteiger partial charge in [-0.3, -0.25) is 9.71 Å². The smallest absolute Gasteiger partial charge is 0.263 e. The first-order chi connectivity index (χ1) is 10.0. The van der Waals surface area contributed by atoms with Gasteiger partial charge in [-0.2, -0.15) is 0 Å². The van der Waals surface area contributed by atoms with Crippen molar-refractivity contribution in [3.8, 4) is 0 Å². The van der Waals surface area contributed by atoms with Crippen LogP contribution < -0.4 is 10.0 Å². The van der Waals surface area contributed by atoms with Crippen LogP contribution in [0, 0.1) is 5.82 Å². The van der Waals surface area contributed by atoms with Gasteiger partial charge in [0, 0.05) is 18.4 Å². The molecule has 1 aliphatic rings. The lowest BCUT2D eigenvalue weighted by atomic mass is 10.0. The van der Waals surface area contributed by atoms with Gasteiger partial charge in [-0.15, -0.1) is 0 Å². The molecule has 0 fully saturated rings. The number of aryl methyl sites for hydroxylation is 1. The molecule has 7 heteroatoms. The number of anilines is 2. The van der Waals surface area contributed by atoms with Crippen LogP contribution in [0.1, 0.15) is 12.0 Å². The van der Waals surface area contributed by atoms with Gasteiger partial charge in [-0.25, -0.2) is 12.8 Å². The third-order valence-electron chi connectivity index (χ3n) is 3.29. The SMILES string of the molecule is O=S(=O)(Nc1ccc2c(c1)NCCC2)c1cncc(F)c1. The third-order valence-corrected chi connectivity index (χ3v) is 4.64. The van der Waals surface area contributed by atoms with E-state index in [1.54, 1.807) is 12.1 Å². The van der Waals surface area contributed by atoms with Gasteiger partial charge >= 0.3 is 0 Å². The number of fused-ring (bicyclic) bond motifs is 1. The topological polar surface area (TPSA) is 71.1 Å². The predicted octanol–water partition coefficient (Wildman–Crippen LogP) is 2.38. The molecule has 0 aliphatic carbocycles. The largest absolute Gasteiger partial charge is 0.385 e. The van der Waals surface area contributed by atoms with Crippen molar-refractivity contribution in [2.45, 2.75) is 17.7 Å². The van der Waals surface area contributed by atoms with Gasteiger partial charge in [-0.05, 0) is 36.6 Å². The average molecular weight is 307 g/mol. The van der Waals surface area contributed by atoms with Crippen LogP contribution in [0.3, 0.4) is 0 Å². The molecule has 0 saturated carbocycles. The number of hydrogen-bond acceptors (Lipinski definition) is 4. The number of halogens is 1. The monoisotopic (exact) mass is 307 g/mol. The molecule has 0 unspecified atom stereocenters. The molecule has 1 aliphatic heterocycles. The summed E-state index contributed by atoms with van der Waals surface area (Å²) in [5, 5.41) is 3.23. The second-order valence-corrected chi connectivity index (χ2v) is 6.53. The lowest BCUT2D eigenvalue weighted by Crippen LogP contribution is -2.15. The molecule has 1 aromatic heterocycles. The van der Waals surface area contributed by atoms with Gasteiger partial charge in [0.1, 0.15) is 10.7 Å². The van der Waals surface area contributed by atoms with Gasteiger partial charge in [0.05, 0.1) is 11.9 Å². The van der Waals surface area contributed by atoms with E-state index in [9.17, 15) is 12.8 Å². The zero-order chi connectivity index (χ0) is 14.9. The molecule has 0 saturated heterocycles. The molecule has 0 atom stereocenters. The third kappa shape index (κ3) is 2.97. The fraction of sp³-hybridized carbons (Fsp3) is 0.214. The Hall–Kier alpha value is -2.15. The molecule has 2 N–H and O–H groups in total. The predicted molar refractivity (Wildman–Crippen MR) is 78.3 cm³/mol. The molecular formula is C14H14FN3O2S. The van der Waals surface area contributed by atoms with Crippen molar-refractivity contribution < 1.29 is 12.8 Å². The molecule has 3 rings (SSSR count). The van der Waals surface area contributed by atoms with E-state index < -0.39 is 15.8 Å². The van der Waals surface area contributed by atoms with Crippen LogP contribution in [0.25, 0.3) is 0 Å². The van der Waals surface area contributed by atoms with Crippen LogP contribution >= 0.6 is 0 Å².